The van der Waals surface area contributed by atoms with Gasteiger partial charge < -0.3 is 14.8 Å². The second kappa shape index (κ2) is 5.73. The molecule has 1 unspecified atom stereocenters. The van der Waals surface area contributed by atoms with E-state index in [-0.39, 0.29) is 18.4 Å². The number of aromatic nitrogens is 2. The zero-order valence-electron chi connectivity index (χ0n) is 12.8. The third kappa shape index (κ3) is 3.33. The van der Waals surface area contributed by atoms with Crippen LogP contribution < -0.4 is 5.32 Å². The maximum Gasteiger partial charge on any atom is 0.269 e. The molecule has 6 nitrogen and oxygen atoms in total. The van der Waals surface area contributed by atoms with Crippen molar-refractivity contribution in [2.75, 3.05) is 6.54 Å². The summed E-state index contributed by atoms with van der Waals surface area (Å²) >= 11 is 0. The highest BCUT2D eigenvalue weighted by Crippen LogP contribution is 2.20. The molecule has 2 aromatic heterocycles. The normalized spacial score (nSPS) is 14.2. The average Bonchev–Trinajstić information content (AvgIpc) is 3.05. The predicted octanol–water partition coefficient (Wildman–Crippen LogP) is 1.77. The number of aryl methyl sites for hydroxylation is 1. The number of hydrogen-bond donors (Lipinski definition) is 2. The highest BCUT2D eigenvalue weighted by Gasteiger charge is 2.27. The van der Waals surface area contributed by atoms with E-state index in [4.69, 9.17) is 4.42 Å². The minimum Gasteiger partial charge on any atom is -0.466 e. The smallest absolute Gasteiger partial charge is 0.269 e. The number of nitrogens with one attached hydrogen (secondary N) is 1. The zero-order chi connectivity index (χ0) is 15.6. The van der Waals surface area contributed by atoms with E-state index in [1.165, 1.54) is 6.26 Å². The van der Waals surface area contributed by atoms with Gasteiger partial charge in [0.1, 0.15) is 17.1 Å². The number of rotatable bonds is 5. The summed E-state index contributed by atoms with van der Waals surface area (Å²) in [5.41, 5.74) is 0.0768. The molecule has 0 radical (unpaired) electrons. The molecular formula is C15H21N3O3. The lowest BCUT2D eigenvalue weighted by Crippen LogP contribution is -2.39. The summed E-state index contributed by atoms with van der Waals surface area (Å²) < 4.78 is 6.72. The fourth-order valence-electron chi connectivity index (χ4n) is 2.00. The van der Waals surface area contributed by atoms with Crippen LogP contribution in [0.15, 0.2) is 28.9 Å². The van der Waals surface area contributed by atoms with Gasteiger partial charge in [-0.1, -0.05) is 13.8 Å². The van der Waals surface area contributed by atoms with Gasteiger partial charge in [0.2, 0.25) is 0 Å². The fourth-order valence-corrected chi connectivity index (χ4v) is 2.00. The van der Waals surface area contributed by atoms with Gasteiger partial charge in [0.25, 0.3) is 5.91 Å². The number of carbonyl (C=O) groups is 1. The molecule has 1 atom stereocenters. The SMILES string of the molecule is CC(C)c1cc(C(=O)NCC(C)(O)c2ccco2)n(C)n1. The summed E-state index contributed by atoms with van der Waals surface area (Å²) in [7, 11) is 1.73. The molecule has 2 N–H and O–H groups in total. The van der Waals surface area contributed by atoms with Gasteiger partial charge in [0.05, 0.1) is 18.5 Å². The van der Waals surface area contributed by atoms with Gasteiger partial charge in [-0.3, -0.25) is 9.48 Å². The number of amides is 1. The van der Waals surface area contributed by atoms with Gasteiger partial charge in [-0.05, 0) is 31.0 Å². The van der Waals surface area contributed by atoms with Crippen LogP contribution in [0.25, 0.3) is 0 Å². The van der Waals surface area contributed by atoms with Crippen LogP contribution in [0, 0.1) is 0 Å². The van der Waals surface area contributed by atoms with Crippen LogP contribution in [-0.2, 0) is 12.6 Å². The minimum atomic E-state index is -1.25. The molecule has 0 aromatic carbocycles. The second-order valence-electron chi connectivity index (χ2n) is 5.67. The minimum absolute atomic E-state index is 0.0571. The molecule has 0 fully saturated rings. The molecule has 0 spiro atoms. The molecule has 0 bridgehead atoms. The number of furan rings is 1. The first-order valence-corrected chi connectivity index (χ1v) is 6.90. The summed E-state index contributed by atoms with van der Waals surface area (Å²) in [6.07, 6.45) is 1.49. The van der Waals surface area contributed by atoms with Crippen molar-refractivity contribution in [3.8, 4) is 0 Å². The first kappa shape index (κ1) is 15.3. The van der Waals surface area contributed by atoms with E-state index in [0.29, 0.717) is 11.5 Å². The summed E-state index contributed by atoms with van der Waals surface area (Å²) in [6, 6.07) is 5.14. The molecule has 0 aliphatic heterocycles. The molecular weight excluding hydrogens is 270 g/mol. The van der Waals surface area contributed by atoms with Crippen LogP contribution >= 0.6 is 0 Å². The fraction of sp³-hybridized carbons (Fsp3) is 0.467. The Hall–Kier alpha value is -2.08. The average molecular weight is 291 g/mol. The molecule has 2 rings (SSSR count). The van der Waals surface area contributed by atoms with E-state index in [9.17, 15) is 9.90 Å². The Labute approximate surface area is 123 Å². The lowest BCUT2D eigenvalue weighted by molar-refractivity contribution is 0.0328. The van der Waals surface area contributed by atoms with Gasteiger partial charge in [-0.25, -0.2) is 0 Å². The molecule has 0 aliphatic rings. The lowest BCUT2D eigenvalue weighted by Gasteiger charge is -2.21. The van der Waals surface area contributed by atoms with Crippen molar-refractivity contribution >= 4 is 5.91 Å². The number of nitrogens with zero attached hydrogens (tertiary/aromatic N) is 2. The van der Waals surface area contributed by atoms with E-state index >= 15 is 0 Å². The van der Waals surface area contributed by atoms with Gasteiger partial charge in [0.15, 0.2) is 0 Å². The zero-order valence-corrected chi connectivity index (χ0v) is 12.8. The molecule has 0 saturated carbocycles. The van der Waals surface area contributed by atoms with Crippen LogP contribution in [0.3, 0.4) is 0 Å². The van der Waals surface area contributed by atoms with E-state index in [2.05, 4.69) is 10.4 Å². The third-order valence-corrected chi connectivity index (χ3v) is 3.37. The molecule has 2 aromatic rings. The molecule has 21 heavy (non-hydrogen) atoms. The Kier molecular flexibility index (Phi) is 4.18. The Morgan fingerprint density at radius 2 is 2.29 bits per heavy atom. The van der Waals surface area contributed by atoms with Crippen LogP contribution in [-0.4, -0.2) is 27.3 Å². The number of aliphatic hydroxyl groups is 1. The van der Waals surface area contributed by atoms with Gasteiger partial charge in [0, 0.05) is 7.05 Å². The molecule has 2 heterocycles. The molecule has 6 heteroatoms. The van der Waals surface area contributed by atoms with E-state index in [1.807, 2.05) is 13.8 Å². The van der Waals surface area contributed by atoms with Crippen LogP contribution in [0.2, 0.25) is 0 Å². The van der Waals surface area contributed by atoms with Crippen molar-refractivity contribution in [3.05, 3.63) is 41.6 Å². The monoisotopic (exact) mass is 291 g/mol. The van der Waals surface area contributed by atoms with Crippen molar-refractivity contribution < 1.29 is 14.3 Å². The summed E-state index contributed by atoms with van der Waals surface area (Å²) in [5.74, 6) is 0.392. The predicted molar refractivity (Wildman–Crippen MR) is 77.9 cm³/mol. The van der Waals surface area contributed by atoms with Crippen molar-refractivity contribution in [2.45, 2.75) is 32.3 Å². The second-order valence-corrected chi connectivity index (χ2v) is 5.67. The quantitative estimate of drug-likeness (QED) is 0.880. The van der Waals surface area contributed by atoms with Gasteiger partial charge in [-0.15, -0.1) is 0 Å². The maximum absolute atomic E-state index is 12.2. The molecule has 1 amide bonds. The van der Waals surface area contributed by atoms with Crippen LogP contribution in [0.5, 0.6) is 0 Å². The van der Waals surface area contributed by atoms with E-state index in [0.717, 1.165) is 5.69 Å². The van der Waals surface area contributed by atoms with Gasteiger partial charge in [-0.2, -0.15) is 5.10 Å². The van der Waals surface area contributed by atoms with Gasteiger partial charge >= 0.3 is 0 Å². The number of hydrogen-bond acceptors (Lipinski definition) is 4. The summed E-state index contributed by atoms with van der Waals surface area (Å²) in [5, 5.41) is 17.3. The van der Waals surface area contributed by atoms with Crippen molar-refractivity contribution in [2.24, 2.45) is 7.05 Å². The first-order valence-electron chi connectivity index (χ1n) is 6.90. The Morgan fingerprint density at radius 1 is 1.57 bits per heavy atom. The Morgan fingerprint density at radius 3 is 2.81 bits per heavy atom. The van der Waals surface area contributed by atoms with Crippen LogP contribution in [0.1, 0.15) is 48.6 Å². The third-order valence-electron chi connectivity index (χ3n) is 3.37. The van der Waals surface area contributed by atoms with E-state index < -0.39 is 5.60 Å². The molecule has 114 valence electrons. The summed E-state index contributed by atoms with van der Waals surface area (Å²) in [6.45, 7) is 5.69. The number of carbonyl (C=O) groups excluding carboxylic acids is 1. The molecule has 0 saturated heterocycles. The van der Waals surface area contributed by atoms with E-state index in [1.54, 1.807) is 36.9 Å². The molecule has 0 aliphatic carbocycles. The Bertz CT molecular complexity index is 612. The largest absolute Gasteiger partial charge is 0.466 e. The highest BCUT2D eigenvalue weighted by molar-refractivity contribution is 5.92. The standard InChI is InChI=1S/C15H21N3O3/c1-10(2)11-8-12(18(4)17-11)14(19)16-9-15(3,20)13-6-5-7-21-13/h5-8,10,20H,9H2,1-4H3,(H,16,19). The highest BCUT2D eigenvalue weighted by atomic mass is 16.4. The first-order chi connectivity index (χ1) is 9.81. The van der Waals surface area contributed by atoms with Crippen molar-refractivity contribution in [1.82, 2.24) is 15.1 Å². The topological polar surface area (TPSA) is 80.3 Å². The van der Waals surface area contributed by atoms with Crippen molar-refractivity contribution in [1.29, 1.82) is 0 Å². The maximum atomic E-state index is 12.2. The van der Waals surface area contributed by atoms with Crippen molar-refractivity contribution in [3.63, 3.8) is 0 Å². The Balaban J connectivity index is 2.05. The lowest BCUT2D eigenvalue weighted by atomic mass is 10.0. The summed E-state index contributed by atoms with van der Waals surface area (Å²) in [4.78, 5) is 12.2. The van der Waals surface area contributed by atoms with Crippen LogP contribution in [0.4, 0.5) is 0 Å².